The van der Waals surface area contributed by atoms with Crippen molar-refractivity contribution < 1.29 is 9.90 Å². The Morgan fingerprint density at radius 3 is 1.59 bits per heavy atom. The van der Waals surface area contributed by atoms with Crippen LogP contribution in [0.4, 0.5) is 0 Å². The van der Waals surface area contributed by atoms with E-state index in [1.165, 1.54) is 0 Å². The van der Waals surface area contributed by atoms with Crippen LogP contribution in [0.1, 0.15) is 5.48 Å². The number of benzene rings is 9. The molecule has 0 bridgehead atoms. The number of para-hydroxylation sites is 1. The monoisotopic (exact) mass is 626 g/mol. The van der Waals surface area contributed by atoms with E-state index in [9.17, 15) is 5.48 Å². The summed E-state index contributed by atoms with van der Waals surface area (Å²) in [6.07, 6.45) is 0. The molecule has 0 aliphatic carbocycles. The van der Waals surface area contributed by atoms with Crippen LogP contribution in [0.3, 0.4) is 0 Å². The maximum Gasteiger partial charge on any atom is 0.143 e. The number of fused-ring (bicyclic) bond motifs is 6. The van der Waals surface area contributed by atoms with E-state index in [1.807, 2.05) is 91.0 Å². The molecule has 1 nitrogen and oxygen atoms in total. The van der Waals surface area contributed by atoms with Gasteiger partial charge in [-0.3, -0.25) is 0 Å². The molecule has 0 radical (unpaired) electrons. The fourth-order valence-electron chi connectivity index (χ4n) is 7.53. The summed E-state index contributed by atoms with van der Waals surface area (Å²) in [5.74, 6) is 0. The molecule has 228 valence electrons. The van der Waals surface area contributed by atoms with E-state index in [4.69, 9.17) is 4.42 Å². The van der Waals surface area contributed by atoms with Crippen LogP contribution in [-0.2, 0) is 0 Å². The van der Waals surface area contributed by atoms with Gasteiger partial charge in [0.25, 0.3) is 0 Å². The first kappa shape index (κ1) is 23.8. The number of rotatable bonds is 4. The summed E-state index contributed by atoms with van der Waals surface area (Å²) < 4.78 is 44.5. The highest BCUT2D eigenvalue weighted by Gasteiger charge is 2.18. The zero-order valence-corrected chi connectivity index (χ0v) is 26.4. The SMILES string of the molecule is [2H]c1c([2H])c(-c2cccc3c2oc2cc(-c4cccc5ccccc45)ccc23)c([2H])c([2H])c1-c1c2ccccc2c(-c2ccccc2)c2ccccc12. The molecule has 0 unspecified atom stereocenters. The predicted octanol–water partition coefficient (Wildman–Crippen LogP) is 13.7. The number of hydrogen-bond acceptors (Lipinski definition) is 1. The molecule has 0 fully saturated rings. The Labute approximate surface area is 289 Å². The van der Waals surface area contributed by atoms with Crippen LogP contribution in [0.2, 0.25) is 0 Å². The van der Waals surface area contributed by atoms with E-state index < -0.39 is 0 Å². The first-order valence-electron chi connectivity index (χ1n) is 18.5. The maximum atomic E-state index is 9.51. The summed E-state index contributed by atoms with van der Waals surface area (Å²) in [7, 11) is 0. The van der Waals surface area contributed by atoms with E-state index in [0.717, 1.165) is 65.3 Å². The minimum absolute atomic E-state index is 0.0878. The molecule has 1 heterocycles. The van der Waals surface area contributed by atoms with Gasteiger partial charge < -0.3 is 4.42 Å². The minimum atomic E-state index is -0.106. The predicted molar refractivity (Wildman–Crippen MR) is 208 cm³/mol. The summed E-state index contributed by atoms with van der Waals surface area (Å²) in [4.78, 5) is 0. The molecule has 0 saturated carbocycles. The van der Waals surface area contributed by atoms with Gasteiger partial charge in [0.05, 0.1) is 5.48 Å². The van der Waals surface area contributed by atoms with Crippen molar-refractivity contribution in [3.05, 3.63) is 182 Å². The molecular formula is C48H30O. The highest BCUT2D eigenvalue weighted by molar-refractivity contribution is 6.21. The Balaban J connectivity index is 1.20. The molecule has 0 atom stereocenters. The van der Waals surface area contributed by atoms with Crippen LogP contribution in [0.25, 0.3) is 98.8 Å². The summed E-state index contributed by atoms with van der Waals surface area (Å²) in [6.45, 7) is 0. The van der Waals surface area contributed by atoms with Gasteiger partial charge in [0.15, 0.2) is 0 Å². The van der Waals surface area contributed by atoms with Gasteiger partial charge in [-0.15, -0.1) is 0 Å². The average Bonchev–Trinajstić information content (AvgIpc) is 3.59. The number of hydrogen-bond donors (Lipinski definition) is 0. The molecule has 0 spiro atoms. The molecule has 1 heteroatoms. The van der Waals surface area contributed by atoms with Gasteiger partial charge in [-0.1, -0.05) is 170 Å². The largest absolute Gasteiger partial charge is 0.455 e. The van der Waals surface area contributed by atoms with E-state index in [1.54, 1.807) is 0 Å². The zero-order chi connectivity index (χ0) is 35.8. The van der Waals surface area contributed by atoms with Crippen molar-refractivity contribution in [2.24, 2.45) is 0 Å². The lowest BCUT2D eigenvalue weighted by atomic mass is 9.85. The Bertz CT molecular complexity index is 3020. The van der Waals surface area contributed by atoms with Gasteiger partial charge in [-0.2, -0.15) is 0 Å². The fraction of sp³-hybridized carbons (Fsp3) is 0. The van der Waals surface area contributed by atoms with Gasteiger partial charge in [-0.25, -0.2) is 0 Å². The topological polar surface area (TPSA) is 13.1 Å². The Morgan fingerprint density at radius 2 is 0.878 bits per heavy atom. The summed E-state index contributed by atoms with van der Waals surface area (Å²) in [5.41, 5.74) is 7.25. The van der Waals surface area contributed by atoms with E-state index in [2.05, 4.69) is 66.7 Å². The third-order valence-electron chi connectivity index (χ3n) is 9.74. The molecule has 10 aromatic rings. The van der Waals surface area contributed by atoms with Crippen LogP contribution in [0, 0.1) is 0 Å². The molecular weight excluding hydrogens is 593 g/mol. The zero-order valence-electron chi connectivity index (χ0n) is 30.4. The average molecular weight is 627 g/mol. The van der Waals surface area contributed by atoms with E-state index >= 15 is 0 Å². The Kier molecular flexibility index (Phi) is 5.38. The third kappa shape index (κ3) is 4.40. The molecule has 0 N–H and O–H groups in total. The molecule has 0 saturated heterocycles. The van der Waals surface area contributed by atoms with Crippen molar-refractivity contribution in [2.45, 2.75) is 0 Å². The second-order valence-corrected chi connectivity index (χ2v) is 12.5. The first-order chi connectivity index (χ1) is 26.0. The smallest absolute Gasteiger partial charge is 0.143 e. The first-order valence-corrected chi connectivity index (χ1v) is 16.5. The van der Waals surface area contributed by atoms with E-state index in [0.29, 0.717) is 22.3 Å². The lowest BCUT2D eigenvalue weighted by Gasteiger charge is -2.18. The molecule has 10 rings (SSSR count). The van der Waals surface area contributed by atoms with Crippen molar-refractivity contribution in [3.8, 4) is 44.5 Å². The summed E-state index contributed by atoms with van der Waals surface area (Å²) >= 11 is 0. The van der Waals surface area contributed by atoms with Crippen LogP contribution in [0.15, 0.2) is 186 Å². The molecule has 1 aromatic heterocycles. The molecule has 9 aromatic carbocycles. The van der Waals surface area contributed by atoms with Crippen LogP contribution in [-0.4, -0.2) is 0 Å². The highest BCUT2D eigenvalue weighted by atomic mass is 16.3. The van der Waals surface area contributed by atoms with Crippen molar-refractivity contribution in [1.82, 2.24) is 0 Å². The second kappa shape index (κ2) is 11.1. The van der Waals surface area contributed by atoms with E-state index in [-0.39, 0.29) is 35.3 Å². The van der Waals surface area contributed by atoms with Crippen molar-refractivity contribution in [2.75, 3.05) is 0 Å². The van der Waals surface area contributed by atoms with Gasteiger partial charge in [-0.05, 0) is 83.4 Å². The lowest BCUT2D eigenvalue weighted by molar-refractivity contribution is 0.670. The van der Waals surface area contributed by atoms with Crippen molar-refractivity contribution in [3.63, 3.8) is 0 Å². The fourth-order valence-corrected chi connectivity index (χ4v) is 7.53. The van der Waals surface area contributed by atoms with Crippen molar-refractivity contribution in [1.29, 1.82) is 0 Å². The normalized spacial score (nSPS) is 12.8. The minimum Gasteiger partial charge on any atom is -0.455 e. The van der Waals surface area contributed by atoms with Gasteiger partial charge in [0.1, 0.15) is 11.2 Å². The summed E-state index contributed by atoms with van der Waals surface area (Å²) in [6, 6.07) is 52.6. The molecule has 49 heavy (non-hydrogen) atoms. The van der Waals surface area contributed by atoms with Crippen LogP contribution >= 0.6 is 0 Å². The Hall–Kier alpha value is -6.44. The highest BCUT2D eigenvalue weighted by Crippen LogP contribution is 2.44. The van der Waals surface area contributed by atoms with Crippen LogP contribution < -0.4 is 0 Å². The second-order valence-electron chi connectivity index (χ2n) is 12.5. The van der Waals surface area contributed by atoms with Gasteiger partial charge >= 0.3 is 0 Å². The van der Waals surface area contributed by atoms with Crippen LogP contribution in [0.5, 0.6) is 0 Å². The molecule has 0 amide bonds. The van der Waals surface area contributed by atoms with Crippen molar-refractivity contribution >= 4 is 54.3 Å². The summed E-state index contributed by atoms with van der Waals surface area (Å²) in [5, 5.41) is 7.83. The van der Waals surface area contributed by atoms with Gasteiger partial charge in [0.2, 0.25) is 0 Å². The number of furan rings is 1. The standard InChI is InChI=1S/C48H30O/c1-2-13-33(14-3-1)46-40-17-6-8-19-42(40)47(43-20-9-7-18-41(43)46)34-26-24-32(25-27-34)38-22-11-23-44-39-29-28-35(30-45(39)49-48(38)44)37-21-10-15-31-12-4-5-16-36(31)37/h1-30H/i24D,25D,26D,27D. The third-order valence-corrected chi connectivity index (χ3v) is 9.74. The van der Waals surface area contributed by atoms with Gasteiger partial charge in [0, 0.05) is 16.3 Å². The molecule has 0 aliphatic rings. The quantitative estimate of drug-likeness (QED) is 0.177. The lowest BCUT2D eigenvalue weighted by Crippen LogP contribution is -1.90. The molecule has 0 aliphatic heterocycles. The Morgan fingerprint density at radius 1 is 0.347 bits per heavy atom. The maximum absolute atomic E-state index is 9.51.